The van der Waals surface area contributed by atoms with Crippen molar-refractivity contribution in [2.75, 3.05) is 26.7 Å². The largest absolute Gasteiger partial charge is 0.306 e. The second-order valence-corrected chi connectivity index (χ2v) is 5.35. The SMILES string of the molecule is CN1CCC(CCNS(N)(=O)=O)CC1. The van der Waals surface area contributed by atoms with Gasteiger partial charge in [0.25, 0.3) is 10.2 Å². The first-order chi connectivity index (χ1) is 6.47. The first-order valence-electron chi connectivity index (χ1n) is 4.93. The predicted molar refractivity (Wildman–Crippen MR) is 55.9 cm³/mol. The summed E-state index contributed by atoms with van der Waals surface area (Å²) >= 11 is 0. The van der Waals surface area contributed by atoms with Crippen LogP contribution in [0, 0.1) is 5.92 Å². The summed E-state index contributed by atoms with van der Waals surface area (Å²) in [6.45, 7) is 2.69. The lowest BCUT2D eigenvalue weighted by Crippen LogP contribution is -2.35. The van der Waals surface area contributed by atoms with Crippen LogP contribution in [0.5, 0.6) is 0 Å². The number of hydrogen-bond acceptors (Lipinski definition) is 3. The van der Waals surface area contributed by atoms with Gasteiger partial charge in [-0.15, -0.1) is 0 Å². The highest BCUT2D eigenvalue weighted by atomic mass is 32.2. The first-order valence-corrected chi connectivity index (χ1v) is 6.48. The second-order valence-electron chi connectivity index (χ2n) is 3.97. The van der Waals surface area contributed by atoms with E-state index in [1.165, 1.54) is 0 Å². The maximum absolute atomic E-state index is 10.6. The molecule has 1 heterocycles. The van der Waals surface area contributed by atoms with Gasteiger partial charge in [0.2, 0.25) is 0 Å². The van der Waals surface area contributed by atoms with Crippen LogP contribution >= 0.6 is 0 Å². The van der Waals surface area contributed by atoms with Crippen LogP contribution in [0.2, 0.25) is 0 Å². The summed E-state index contributed by atoms with van der Waals surface area (Å²) in [5.41, 5.74) is 0. The summed E-state index contributed by atoms with van der Waals surface area (Å²) in [7, 11) is -1.39. The quantitative estimate of drug-likeness (QED) is 0.673. The fraction of sp³-hybridized carbons (Fsp3) is 1.00. The Balaban J connectivity index is 2.14. The highest BCUT2D eigenvalue weighted by molar-refractivity contribution is 7.87. The van der Waals surface area contributed by atoms with Crippen molar-refractivity contribution >= 4 is 10.2 Å². The molecule has 1 fully saturated rings. The van der Waals surface area contributed by atoms with E-state index in [4.69, 9.17) is 5.14 Å². The van der Waals surface area contributed by atoms with Crippen molar-refractivity contribution in [1.82, 2.24) is 9.62 Å². The fourth-order valence-electron chi connectivity index (χ4n) is 1.76. The maximum Gasteiger partial charge on any atom is 0.274 e. The first kappa shape index (κ1) is 11.9. The van der Waals surface area contributed by atoms with Crippen LogP contribution in [-0.2, 0) is 10.2 Å². The van der Waals surface area contributed by atoms with Gasteiger partial charge in [-0.1, -0.05) is 0 Å². The Morgan fingerprint density at radius 2 is 2.00 bits per heavy atom. The lowest BCUT2D eigenvalue weighted by Gasteiger charge is -2.28. The smallest absolute Gasteiger partial charge is 0.274 e. The van der Waals surface area contributed by atoms with E-state index in [0.29, 0.717) is 12.5 Å². The number of rotatable bonds is 4. The molecule has 6 heteroatoms. The average Bonchev–Trinajstić information content (AvgIpc) is 2.06. The highest BCUT2D eigenvalue weighted by Gasteiger charge is 2.16. The zero-order valence-corrected chi connectivity index (χ0v) is 9.39. The molecular weight excluding hydrogens is 202 g/mol. The van der Waals surface area contributed by atoms with Crippen LogP contribution in [0.15, 0.2) is 0 Å². The fourth-order valence-corrected chi connectivity index (χ4v) is 2.16. The van der Waals surface area contributed by atoms with Crippen LogP contribution in [0.25, 0.3) is 0 Å². The summed E-state index contributed by atoms with van der Waals surface area (Å²) < 4.78 is 23.5. The minimum absolute atomic E-state index is 0.465. The van der Waals surface area contributed by atoms with E-state index in [9.17, 15) is 8.42 Å². The lowest BCUT2D eigenvalue weighted by atomic mass is 9.94. The molecule has 0 unspecified atom stereocenters. The van der Waals surface area contributed by atoms with Crippen molar-refractivity contribution in [3.63, 3.8) is 0 Å². The molecule has 0 aliphatic carbocycles. The van der Waals surface area contributed by atoms with Crippen molar-refractivity contribution in [2.24, 2.45) is 11.1 Å². The van der Waals surface area contributed by atoms with Crippen LogP contribution in [0.3, 0.4) is 0 Å². The van der Waals surface area contributed by atoms with Gasteiger partial charge < -0.3 is 4.90 Å². The van der Waals surface area contributed by atoms with E-state index < -0.39 is 10.2 Å². The van der Waals surface area contributed by atoms with E-state index in [-0.39, 0.29) is 0 Å². The maximum atomic E-state index is 10.6. The van der Waals surface area contributed by atoms with Crippen molar-refractivity contribution in [1.29, 1.82) is 0 Å². The molecule has 0 radical (unpaired) electrons. The van der Waals surface area contributed by atoms with Gasteiger partial charge in [-0.25, -0.2) is 9.86 Å². The molecule has 14 heavy (non-hydrogen) atoms. The van der Waals surface area contributed by atoms with Gasteiger partial charge in [0.05, 0.1) is 0 Å². The number of piperidine rings is 1. The van der Waals surface area contributed by atoms with Gasteiger partial charge in [-0.3, -0.25) is 0 Å². The molecular formula is C8H19N3O2S. The second kappa shape index (κ2) is 5.06. The normalized spacial score (nSPS) is 21.3. The molecule has 0 aromatic heterocycles. The van der Waals surface area contributed by atoms with E-state index >= 15 is 0 Å². The Kier molecular flexibility index (Phi) is 4.31. The zero-order chi connectivity index (χ0) is 10.6. The Hall–Kier alpha value is -0.170. The van der Waals surface area contributed by atoms with Crippen molar-refractivity contribution in [3.8, 4) is 0 Å². The third-order valence-corrected chi connectivity index (χ3v) is 3.30. The number of hydrogen-bond donors (Lipinski definition) is 2. The van der Waals surface area contributed by atoms with Crippen molar-refractivity contribution in [2.45, 2.75) is 19.3 Å². The van der Waals surface area contributed by atoms with Gasteiger partial charge in [0.1, 0.15) is 0 Å². The minimum Gasteiger partial charge on any atom is -0.306 e. The lowest BCUT2D eigenvalue weighted by molar-refractivity contribution is 0.213. The molecule has 0 atom stereocenters. The predicted octanol–water partition coefficient (Wildman–Crippen LogP) is -0.489. The molecule has 0 bridgehead atoms. The summed E-state index contributed by atoms with van der Waals surface area (Å²) in [4.78, 5) is 2.30. The van der Waals surface area contributed by atoms with Gasteiger partial charge in [0, 0.05) is 6.54 Å². The molecule has 0 amide bonds. The molecule has 1 aliphatic rings. The Labute approximate surface area is 85.8 Å². The third-order valence-electron chi connectivity index (χ3n) is 2.69. The summed E-state index contributed by atoms with van der Waals surface area (Å²) in [5, 5.41) is 4.83. The Bertz CT molecular complexity index is 258. The van der Waals surface area contributed by atoms with Crippen LogP contribution < -0.4 is 9.86 Å². The van der Waals surface area contributed by atoms with Crippen LogP contribution in [-0.4, -0.2) is 40.0 Å². The monoisotopic (exact) mass is 221 g/mol. The highest BCUT2D eigenvalue weighted by Crippen LogP contribution is 2.18. The molecule has 1 saturated heterocycles. The Morgan fingerprint density at radius 1 is 1.43 bits per heavy atom. The average molecular weight is 221 g/mol. The van der Waals surface area contributed by atoms with Crippen LogP contribution in [0.1, 0.15) is 19.3 Å². The number of likely N-dealkylation sites (tertiary alicyclic amines) is 1. The molecule has 0 aromatic carbocycles. The van der Waals surface area contributed by atoms with E-state index in [2.05, 4.69) is 16.7 Å². The molecule has 84 valence electrons. The standard InChI is InChI=1S/C8H19N3O2S/c1-11-6-3-8(4-7-11)2-5-10-14(9,12)13/h8,10H,2-7H2,1H3,(H2,9,12,13). The van der Waals surface area contributed by atoms with Gasteiger partial charge >= 0.3 is 0 Å². The molecule has 3 N–H and O–H groups in total. The number of nitrogens with one attached hydrogen (secondary N) is 1. The Morgan fingerprint density at radius 3 is 2.50 bits per heavy atom. The van der Waals surface area contributed by atoms with Crippen molar-refractivity contribution < 1.29 is 8.42 Å². The van der Waals surface area contributed by atoms with E-state index in [1.807, 2.05) is 0 Å². The van der Waals surface area contributed by atoms with Gasteiger partial charge in [-0.05, 0) is 45.3 Å². The summed E-state index contributed by atoms with van der Waals surface area (Å²) in [6.07, 6.45) is 3.20. The van der Waals surface area contributed by atoms with E-state index in [1.54, 1.807) is 0 Å². The van der Waals surface area contributed by atoms with Crippen LogP contribution in [0.4, 0.5) is 0 Å². The van der Waals surface area contributed by atoms with Crippen molar-refractivity contribution in [3.05, 3.63) is 0 Å². The minimum atomic E-state index is -3.50. The van der Waals surface area contributed by atoms with E-state index in [0.717, 1.165) is 32.4 Å². The van der Waals surface area contributed by atoms with Gasteiger partial charge in [-0.2, -0.15) is 8.42 Å². The molecule has 0 aromatic rings. The third kappa shape index (κ3) is 4.90. The topological polar surface area (TPSA) is 75.4 Å². The zero-order valence-electron chi connectivity index (χ0n) is 8.57. The molecule has 1 rings (SSSR count). The molecule has 0 saturated carbocycles. The summed E-state index contributed by atoms with van der Waals surface area (Å²) in [5.74, 6) is 0.639. The number of nitrogens with zero attached hydrogens (tertiary/aromatic N) is 1. The number of nitrogens with two attached hydrogens (primary N) is 1. The molecule has 1 aliphatic heterocycles. The summed E-state index contributed by atoms with van der Waals surface area (Å²) in [6, 6.07) is 0. The molecule has 5 nitrogen and oxygen atoms in total. The van der Waals surface area contributed by atoms with Gasteiger partial charge in [0.15, 0.2) is 0 Å². The molecule has 0 spiro atoms.